The summed E-state index contributed by atoms with van der Waals surface area (Å²) >= 11 is 0. The van der Waals surface area contributed by atoms with Gasteiger partial charge in [0.05, 0.1) is 5.71 Å². The number of nitrogens with one attached hydrogen (secondary N) is 1. The minimum atomic E-state index is -1.84. The number of hydrazone groups is 1. The smallest absolute Gasteiger partial charge is 0.281 e. The van der Waals surface area contributed by atoms with E-state index in [2.05, 4.69) is 43.4 Å². The highest BCUT2D eigenvalue weighted by molar-refractivity contribution is 6.00. The van der Waals surface area contributed by atoms with Crippen molar-refractivity contribution in [2.75, 3.05) is 0 Å². The van der Waals surface area contributed by atoms with Gasteiger partial charge in [-0.3, -0.25) is 4.79 Å². The van der Waals surface area contributed by atoms with E-state index in [4.69, 9.17) is 0 Å². The van der Waals surface area contributed by atoms with Gasteiger partial charge in [0.2, 0.25) is 0 Å². The third kappa shape index (κ3) is 4.50. The zero-order chi connectivity index (χ0) is 21.8. The number of carbonyl (C=O) groups excluding carboxylic acids is 1. The molecule has 0 aliphatic carbocycles. The molecule has 0 fully saturated rings. The highest BCUT2D eigenvalue weighted by atomic mass is 16.3. The van der Waals surface area contributed by atoms with Gasteiger partial charge < -0.3 is 5.11 Å². The van der Waals surface area contributed by atoms with Crippen LogP contribution in [0.15, 0.2) is 90.0 Å². The van der Waals surface area contributed by atoms with Crippen LogP contribution in [-0.4, -0.2) is 16.7 Å². The predicted molar refractivity (Wildman–Crippen MR) is 121 cm³/mol. The van der Waals surface area contributed by atoms with Gasteiger partial charge in [-0.15, -0.1) is 0 Å². The number of amides is 1. The van der Waals surface area contributed by atoms with Crippen LogP contribution in [0.1, 0.15) is 49.9 Å². The third-order valence-corrected chi connectivity index (χ3v) is 5.21. The quantitative estimate of drug-likeness (QED) is 0.479. The number of nitrogens with zero attached hydrogens (tertiary/aromatic N) is 1. The average Bonchev–Trinajstić information content (AvgIpc) is 2.77. The van der Waals surface area contributed by atoms with E-state index < -0.39 is 11.5 Å². The number of hydrogen-bond acceptors (Lipinski definition) is 3. The maximum atomic E-state index is 13.1. The van der Waals surface area contributed by atoms with Gasteiger partial charge >= 0.3 is 0 Å². The van der Waals surface area contributed by atoms with Gasteiger partial charge in [-0.2, -0.15) is 5.10 Å². The Morgan fingerprint density at radius 3 is 1.67 bits per heavy atom. The van der Waals surface area contributed by atoms with Crippen molar-refractivity contribution in [3.05, 3.63) is 107 Å². The number of benzene rings is 3. The first kappa shape index (κ1) is 21.5. The van der Waals surface area contributed by atoms with Crippen molar-refractivity contribution in [3.8, 4) is 0 Å². The van der Waals surface area contributed by atoms with Gasteiger partial charge in [0.1, 0.15) is 0 Å². The molecule has 0 aliphatic rings. The molecule has 154 valence electrons. The summed E-state index contributed by atoms with van der Waals surface area (Å²) in [6, 6.07) is 25.9. The lowest BCUT2D eigenvalue weighted by atomic mass is 9.85. The minimum Gasteiger partial charge on any atom is -0.372 e. The van der Waals surface area contributed by atoms with Gasteiger partial charge in [0.25, 0.3) is 5.91 Å². The Bertz CT molecular complexity index is 979. The molecule has 0 heterocycles. The second kappa shape index (κ2) is 8.64. The van der Waals surface area contributed by atoms with Crippen LogP contribution >= 0.6 is 0 Å². The fourth-order valence-corrected chi connectivity index (χ4v) is 3.28. The van der Waals surface area contributed by atoms with E-state index in [9.17, 15) is 9.90 Å². The van der Waals surface area contributed by atoms with E-state index in [0.717, 1.165) is 5.56 Å². The summed E-state index contributed by atoms with van der Waals surface area (Å²) in [5.41, 5.74) is 4.55. The highest BCUT2D eigenvalue weighted by Crippen LogP contribution is 2.30. The molecule has 3 aromatic carbocycles. The normalized spacial score (nSPS) is 12.5. The molecule has 0 radical (unpaired) electrons. The van der Waals surface area contributed by atoms with Crippen molar-refractivity contribution in [1.82, 2.24) is 5.43 Å². The van der Waals surface area contributed by atoms with Crippen molar-refractivity contribution < 1.29 is 9.90 Å². The molecule has 0 atom stereocenters. The monoisotopic (exact) mass is 400 g/mol. The van der Waals surface area contributed by atoms with Crippen LogP contribution in [0.25, 0.3) is 0 Å². The number of aliphatic hydroxyl groups is 1. The van der Waals surface area contributed by atoms with Crippen LogP contribution < -0.4 is 5.43 Å². The van der Waals surface area contributed by atoms with Crippen molar-refractivity contribution in [2.45, 2.75) is 38.7 Å². The largest absolute Gasteiger partial charge is 0.372 e. The van der Waals surface area contributed by atoms with Crippen LogP contribution in [0.3, 0.4) is 0 Å². The zero-order valence-electron chi connectivity index (χ0n) is 17.9. The standard InChI is InChI=1S/C26H28N2O2/c1-19(20-15-17-21(18-16-20)25(2,3)4)27-28-24(29)26(30,22-11-7-5-8-12-22)23-13-9-6-10-14-23/h5-18,30H,1-4H3,(H,28,29). The fourth-order valence-electron chi connectivity index (χ4n) is 3.28. The summed E-state index contributed by atoms with van der Waals surface area (Å²) in [7, 11) is 0. The summed E-state index contributed by atoms with van der Waals surface area (Å²) < 4.78 is 0. The third-order valence-electron chi connectivity index (χ3n) is 5.21. The lowest BCUT2D eigenvalue weighted by Gasteiger charge is -2.27. The van der Waals surface area contributed by atoms with Crippen molar-refractivity contribution in [3.63, 3.8) is 0 Å². The Morgan fingerprint density at radius 2 is 1.23 bits per heavy atom. The van der Waals surface area contributed by atoms with Crippen molar-refractivity contribution in [1.29, 1.82) is 0 Å². The van der Waals surface area contributed by atoms with E-state index in [1.54, 1.807) is 48.5 Å². The first-order valence-corrected chi connectivity index (χ1v) is 10.0. The van der Waals surface area contributed by atoms with E-state index in [0.29, 0.717) is 16.8 Å². The summed E-state index contributed by atoms with van der Waals surface area (Å²) in [4.78, 5) is 13.1. The van der Waals surface area contributed by atoms with Crippen LogP contribution in [0.5, 0.6) is 0 Å². The molecule has 4 nitrogen and oxygen atoms in total. The maximum absolute atomic E-state index is 13.1. The van der Waals surface area contributed by atoms with Gasteiger partial charge in [-0.05, 0) is 34.6 Å². The lowest BCUT2D eigenvalue weighted by Crippen LogP contribution is -2.43. The summed E-state index contributed by atoms with van der Waals surface area (Å²) in [5.74, 6) is -0.606. The van der Waals surface area contributed by atoms with Crippen LogP contribution in [0.4, 0.5) is 0 Å². The second-order valence-corrected chi connectivity index (χ2v) is 8.41. The van der Waals surface area contributed by atoms with Gasteiger partial charge in [0, 0.05) is 0 Å². The minimum absolute atomic E-state index is 0.0691. The predicted octanol–water partition coefficient (Wildman–Crippen LogP) is 4.76. The van der Waals surface area contributed by atoms with Crippen LogP contribution in [0, 0.1) is 0 Å². The van der Waals surface area contributed by atoms with E-state index in [1.807, 2.05) is 31.2 Å². The first-order chi connectivity index (χ1) is 14.2. The molecule has 0 spiro atoms. The van der Waals surface area contributed by atoms with E-state index in [1.165, 1.54) is 5.56 Å². The number of carbonyl (C=O) groups is 1. The molecular formula is C26H28N2O2. The molecule has 4 heteroatoms. The molecular weight excluding hydrogens is 372 g/mol. The van der Waals surface area contributed by atoms with Crippen LogP contribution in [0.2, 0.25) is 0 Å². The number of rotatable bonds is 5. The lowest BCUT2D eigenvalue weighted by molar-refractivity contribution is -0.136. The molecule has 0 aromatic heterocycles. The Morgan fingerprint density at radius 1 is 0.767 bits per heavy atom. The summed E-state index contributed by atoms with van der Waals surface area (Å²) in [6.45, 7) is 8.32. The molecule has 0 bridgehead atoms. The van der Waals surface area contributed by atoms with Crippen molar-refractivity contribution in [2.24, 2.45) is 5.10 Å². The molecule has 3 aromatic rings. The van der Waals surface area contributed by atoms with E-state index in [-0.39, 0.29) is 5.41 Å². The molecule has 0 unspecified atom stereocenters. The van der Waals surface area contributed by atoms with Gasteiger partial charge in [-0.1, -0.05) is 106 Å². The van der Waals surface area contributed by atoms with Gasteiger partial charge in [-0.25, -0.2) is 5.43 Å². The van der Waals surface area contributed by atoms with Crippen LogP contribution in [-0.2, 0) is 15.8 Å². The number of hydrogen-bond donors (Lipinski definition) is 2. The molecule has 0 saturated carbocycles. The molecule has 2 N–H and O–H groups in total. The Balaban J connectivity index is 1.88. The Labute approximate surface area is 178 Å². The zero-order valence-corrected chi connectivity index (χ0v) is 17.9. The summed E-state index contributed by atoms with van der Waals surface area (Å²) in [5, 5.41) is 15.7. The fraction of sp³-hybridized carbons (Fsp3) is 0.231. The Kier molecular flexibility index (Phi) is 6.18. The molecule has 3 rings (SSSR count). The van der Waals surface area contributed by atoms with Crippen molar-refractivity contribution >= 4 is 11.6 Å². The Hall–Kier alpha value is -3.24. The van der Waals surface area contributed by atoms with E-state index >= 15 is 0 Å². The molecule has 0 aliphatic heterocycles. The molecule has 0 saturated heterocycles. The SMILES string of the molecule is CC(=NNC(=O)C(O)(c1ccccc1)c1ccccc1)c1ccc(C(C)(C)C)cc1. The van der Waals surface area contributed by atoms with Gasteiger partial charge in [0.15, 0.2) is 5.60 Å². The average molecular weight is 401 g/mol. The maximum Gasteiger partial charge on any atom is 0.281 e. The highest BCUT2D eigenvalue weighted by Gasteiger charge is 2.39. The summed E-state index contributed by atoms with van der Waals surface area (Å²) in [6.07, 6.45) is 0. The first-order valence-electron chi connectivity index (χ1n) is 10.0. The topological polar surface area (TPSA) is 61.7 Å². The second-order valence-electron chi connectivity index (χ2n) is 8.41. The molecule has 1 amide bonds. The molecule has 30 heavy (non-hydrogen) atoms.